The van der Waals surface area contributed by atoms with E-state index in [9.17, 15) is 9.66 Å². The molecule has 13 heavy (non-hydrogen) atoms. The highest BCUT2D eigenvalue weighted by molar-refractivity contribution is 7.89. The molecule has 0 aliphatic carbocycles. The summed E-state index contributed by atoms with van der Waals surface area (Å²) in [5, 5.41) is 9.58. The summed E-state index contributed by atoms with van der Waals surface area (Å²) in [4.78, 5) is 4.68. The third-order valence-electron chi connectivity index (χ3n) is 2.06. The van der Waals surface area contributed by atoms with Crippen LogP contribution in [-0.4, -0.2) is 26.0 Å². The first-order valence-corrected chi connectivity index (χ1v) is 5.01. The van der Waals surface area contributed by atoms with E-state index < -0.39 is 17.6 Å². The third-order valence-corrected chi connectivity index (χ3v) is 3.48. The molecule has 0 amide bonds. The molecule has 1 aromatic rings. The van der Waals surface area contributed by atoms with Gasteiger partial charge < -0.3 is 9.66 Å². The minimum Gasteiger partial charge on any atom is -0.593 e. The Bertz CT molecular complexity index is 345. The number of hydrogen-bond donors (Lipinski definition) is 1. The number of pyridine rings is 1. The molecule has 0 radical (unpaired) electrons. The van der Waals surface area contributed by atoms with E-state index in [1.165, 1.54) is 4.31 Å². The fourth-order valence-corrected chi connectivity index (χ4v) is 2.52. The van der Waals surface area contributed by atoms with Crippen molar-refractivity contribution in [2.24, 2.45) is 0 Å². The van der Waals surface area contributed by atoms with Gasteiger partial charge in [-0.3, -0.25) is 4.98 Å². The number of rotatable bonds is 0. The van der Waals surface area contributed by atoms with E-state index in [1.807, 2.05) is 6.92 Å². The number of nitrogens with zero attached hydrogens (tertiary/aromatic N) is 2. The van der Waals surface area contributed by atoms with Crippen molar-refractivity contribution < 1.29 is 9.66 Å². The van der Waals surface area contributed by atoms with Crippen LogP contribution in [0.15, 0.2) is 17.2 Å². The topological polar surface area (TPSA) is 59.4 Å². The average Bonchev–Trinajstić information content (AvgIpc) is 2.32. The Morgan fingerprint density at radius 1 is 1.69 bits per heavy atom. The van der Waals surface area contributed by atoms with Crippen molar-refractivity contribution >= 4 is 11.4 Å². The van der Waals surface area contributed by atoms with Crippen molar-refractivity contribution in [2.45, 2.75) is 18.0 Å². The summed E-state index contributed by atoms with van der Waals surface area (Å²) in [6, 6.07) is 1.80. The van der Waals surface area contributed by atoms with Crippen molar-refractivity contribution in [3.05, 3.63) is 23.5 Å². The Hall–Kier alpha value is -0.620. The fraction of sp³-hybridized carbons (Fsp3) is 0.375. The quantitative estimate of drug-likeness (QED) is 0.611. The van der Waals surface area contributed by atoms with Crippen LogP contribution in [0.1, 0.15) is 17.5 Å². The molecule has 0 saturated heterocycles. The molecule has 70 valence electrons. The van der Waals surface area contributed by atoms with Crippen LogP contribution >= 0.6 is 0 Å². The van der Waals surface area contributed by atoms with Gasteiger partial charge in [0.2, 0.25) is 0 Å². The highest BCUT2D eigenvalue weighted by Crippen LogP contribution is 2.34. The van der Waals surface area contributed by atoms with Crippen LogP contribution in [0.4, 0.5) is 0 Å². The molecule has 1 N–H and O–H groups in total. The Labute approximate surface area is 79.5 Å². The summed E-state index contributed by atoms with van der Waals surface area (Å²) in [5.41, 5.74) is 1.46. The van der Waals surface area contributed by atoms with Gasteiger partial charge in [0.05, 0.1) is 11.4 Å². The van der Waals surface area contributed by atoms with Crippen LogP contribution in [0.5, 0.6) is 0 Å². The lowest BCUT2D eigenvalue weighted by atomic mass is 10.2. The summed E-state index contributed by atoms with van der Waals surface area (Å²) in [5.74, 6) is 0. The van der Waals surface area contributed by atoms with Crippen molar-refractivity contribution in [1.82, 2.24) is 9.29 Å². The van der Waals surface area contributed by atoms with Gasteiger partial charge >= 0.3 is 0 Å². The Kier molecular flexibility index (Phi) is 2.03. The number of hydrogen-bond acceptors (Lipinski definition) is 4. The summed E-state index contributed by atoms with van der Waals surface area (Å²) in [6.07, 6.45) is 0.828. The zero-order chi connectivity index (χ0) is 9.59. The van der Waals surface area contributed by atoms with Gasteiger partial charge in [-0.25, -0.2) is 0 Å². The van der Waals surface area contributed by atoms with Crippen LogP contribution in [0, 0.1) is 6.92 Å². The van der Waals surface area contributed by atoms with Crippen molar-refractivity contribution in [1.29, 1.82) is 0 Å². The van der Waals surface area contributed by atoms with Crippen LogP contribution in [0.25, 0.3) is 0 Å². The summed E-state index contributed by atoms with van der Waals surface area (Å²) < 4.78 is 13.0. The predicted octanol–water partition coefficient (Wildman–Crippen LogP) is 0.349. The van der Waals surface area contributed by atoms with Gasteiger partial charge in [0.15, 0.2) is 11.1 Å². The van der Waals surface area contributed by atoms with Gasteiger partial charge in [0.25, 0.3) is 0 Å². The van der Waals surface area contributed by atoms with Gasteiger partial charge in [-0.2, -0.15) is 0 Å². The molecule has 0 saturated carbocycles. The van der Waals surface area contributed by atoms with Crippen molar-refractivity contribution in [2.75, 3.05) is 7.05 Å². The van der Waals surface area contributed by atoms with Gasteiger partial charge in [-0.1, -0.05) is 4.31 Å². The van der Waals surface area contributed by atoms with E-state index in [0.717, 1.165) is 5.56 Å². The molecule has 2 heterocycles. The highest BCUT2D eigenvalue weighted by Gasteiger charge is 2.40. The summed E-state index contributed by atoms with van der Waals surface area (Å²) in [7, 11) is 1.61. The molecule has 0 spiro atoms. The zero-order valence-electron chi connectivity index (χ0n) is 7.39. The van der Waals surface area contributed by atoms with Crippen LogP contribution in [-0.2, 0) is 11.4 Å². The van der Waals surface area contributed by atoms with E-state index in [1.54, 1.807) is 19.3 Å². The summed E-state index contributed by atoms with van der Waals surface area (Å²) in [6.45, 7) is 1.88. The second-order valence-electron chi connectivity index (χ2n) is 3.07. The molecule has 1 aromatic heterocycles. The van der Waals surface area contributed by atoms with Crippen LogP contribution < -0.4 is 0 Å². The van der Waals surface area contributed by atoms with Crippen molar-refractivity contribution in [3.63, 3.8) is 0 Å². The Morgan fingerprint density at radius 3 is 3.08 bits per heavy atom. The van der Waals surface area contributed by atoms with E-state index >= 15 is 0 Å². The second-order valence-corrected chi connectivity index (χ2v) is 4.58. The molecular weight excluding hydrogens is 188 g/mol. The SMILES string of the molecule is Cc1cnc2c(c1)[S+]([O-])N(C)C2O. The number of aryl methyl sites for hydroxylation is 1. The van der Waals surface area contributed by atoms with E-state index in [-0.39, 0.29) is 0 Å². The number of aromatic nitrogens is 1. The maximum absolute atomic E-state index is 11.6. The van der Waals surface area contributed by atoms with Gasteiger partial charge in [-0.15, -0.1) is 0 Å². The lowest BCUT2D eigenvalue weighted by Crippen LogP contribution is -2.23. The van der Waals surface area contributed by atoms with E-state index in [0.29, 0.717) is 10.6 Å². The normalized spacial score (nSPS) is 27.7. The van der Waals surface area contributed by atoms with Crippen molar-refractivity contribution in [3.8, 4) is 0 Å². The first-order valence-electron chi connectivity index (χ1n) is 3.90. The minimum absolute atomic E-state index is 0.506. The Balaban J connectivity index is 2.54. The average molecular weight is 198 g/mol. The molecule has 1 aliphatic rings. The van der Waals surface area contributed by atoms with Gasteiger partial charge in [-0.05, 0) is 12.5 Å². The molecule has 2 unspecified atom stereocenters. The largest absolute Gasteiger partial charge is 0.593 e. The molecule has 4 nitrogen and oxygen atoms in total. The molecule has 1 aliphatic heterocycles. The maximum atomic E-state index is 11.6. The molecule has 0 aromatic carbocycles. The highest BCUT2D eigenvalue weighted by atomic mass is 32.2. The predicted molar refractivity (Wildman–Crippen MR) is 48.1 cm³/mol. The monoisotopic (exact) mass is 198 g/mol. The second kappa shape index (κ2) is 2.95. The molecular formula is C8H10N2O2S. The van der Waals surface area contributed by atoms with Crippen LogP contribution in [0.3, 0.4) is 0 Å². The van der Waals surface area contributed by atoms with Gasteiger partial charge in [0, 0.05) is 19.3 Å². The molecule has 0 bridgehead atoms. The fourth-order valence-electron chi connectivity index (χ4n) is 1.30. The maximum Gasteiger partial charge on any atom is 0.200 e. The summed E-state index contributed by atoms with van der Waals surface area (Å²) >= 11 is -1.26. The molecule has 2 rings (SSSR count). The first-order chi connectivity index (χ1) is 6.11. The molecule has 0 fully saturated rings. The lowest BCUT2D eigenvalue weighted by molar-refractivity contribution is 0.0811. The smallest absolute Gasteiger partial charge is 0.200 e. The zero-order valence-corrected chi connectivity index (χ0v) is 8.21. The van der Waals surface area contributed by atoms with Gasteiger partial charge in [0.1, 0.15) is 5.69 Å². The van der Waals surface area contributed by atoms with E-state index in [4.69, 9.17) is 0 Å². The third kappa shape index (κ3) is 1.24. The lowest BCUT2D eigenvalue weighted by Gasteiger charge is -2.12. The molecule has 2 atom stereocenters. The molecule has 5 heteroatoms. The number of aliphatic hydroxyl groups is 1. The Morgan fingerprint density at radius 2 is 2.38 bits per heavy atom. The first kappa shape index (κ1) is 8.96. The minimum atomic E-state index is -1.26. The van der Waals surface area contributed by atoms with E-state index in [2.05, 4.69) is 4.98 Å². The number of fused-ring (bicyclic) bond motifs is 1. The standard InChI is InChI=1S/C8H10N2O2S/c1-5-3-6-7(9-4-5)8(11)10(2)13(6)12/h3-4,8,11H,1-2H3. The number of aliphatic hydroxyl groups excluding tert-OH is 1. The van der Waals surface area contributed by atoms with Crippen LogP contribution in [0.2, 0.25) is 0 Å².